The zero-order valence-electron chi connectivity index (χ0n) is 14.9. The van der Waals surface area contributed by atoms with E-state index >= 15 is 0 Å². The maximum absolute atomic E-state index is 4.56. The van der Waals surface area contributed by atoms with Crippen molar-refractivity contribution in [3.8, 4) is 33.6 Å². The van der Waals surface area contributed by atoms with Crippen LogP contribution in [-0.2, 0) is 0 Å². The highest BCUT2D eigenvalue weighted by atomic mass is 15.0. The Bertz CT molecular complexity index is 1010. The van der Waals surface area contributed by atoms with Crippen molar-refractivity contribution in [1.82, 2.24) is 25.3 Å². The van der Waals surface area contributed by atoms with Gasteiger partial charge >= 0.3 is 0 Å². The van der Waals surface area contributed by atoms with Gasteiger partial charge in [-0.2, -0.15) is 0 Å². The molecule has 0 saturated carbocycles. The monoisotopic (exact) mass is 355 g/mol. The van der Waals surface area contributed by atoms with E-state index in [1.54, 1.807) is 6.33 Å². The van der Waals surface area contributed by atoms with E-state index in [0.717, 1.165) is 41.3 Å². The molecular weight excluding hydrogens is 334 g/mol. The Morgan fingerprint density at radius 1 is 0.778 bits per heavy atom. The summed E-state index contributed by atoms with van der Waals surface area (Å²) in [7, 11) is 0. The van der Waals surface area contributed by atoms with Gasteiger partial charge in [-0.05, 0) is 41.6 Å². The number of rotatable bonds is 4. The molecule has 5 nitrogen and oxygen atoms in total. The molecule has 2 aromatic heterocycles. The van der Waals surface area contributed by atoms with Crippen molar-refractivity contribution in [3.05, 3.63) is 73.1 Å². The minimum atomic E-state index is 0.367. The van der Waals surface area contributed by atoms with E-state index in [4.69, 9.17) is 0 Å². The fraction of sp³-hybridized carbons (Fsp3) is 0.182. The van der Waals surface area contributed by atoms with Crippen LogP contribution in [0.1, 0.15) is 24.7 Å². The van der Waals surface area contributed by atoms with Gasteiger partial charge in [-0.25, -0.2) is 9.97 Å². The molecule has 27 heavy (non-hydrogen) atoms. The summed E-state index contributed by atoms with van der Waals surface area (Å²) in [6.45, 7) is 1.08. The van der Waals surface area contributed by atoms with Gasteiger partial charge in [0.25, 0.3) is 0 Å². The van der Waals surface area contributed by atoms with Gasteiger partial charge in [-0.1, -0.05) is 48.5 Å². The van der Waals surface area contributed by atoms with Gasteiger partial charge in [-0.15, -0.1) is 0 Å². The predicted molar refractivity (Wildman–Crippen MR) is 107 cm³/mol. The first-order valence-electron chi connectivity index (χ1n) is 9.35. The van der Waals surface area contributed by atoms with Crippen LogP contribution in [0.3, 0.4) is 0 Å². The Kier molecular flexibility index (Phi) is 4.07. The van der Waals surface area contributed by atoms with Gasteiger partial charge < -0.3 is 15.3 Å². The van der Waals surface area contributed by atoms with Crippen LogP contribution < -0.4 is 5.32 Å². The third-order valence-corrected chi connectivity index (χ3v) is 5.21. The number of benzene rings is 2. The average Bonchev–Trinajstić information content (AvgIpc) is 3.50. The van der Waals surface area contributed by atoms with Gasteiger partial charge in [0.05, 0.1) is 36.2 Å². The number of aromatic nitrogens is 4. The second-order valence-corrected chi connectivity index (χ2v) is 6.95. The van der Waals surface area contributed by atoms with Crippen LogP contribution in [0.2, 0.25) is 0 Å². The van der Waals surface area contributed by atoms with Crippen LogP contribution in [0.25, 0.3) is 33.6 Å². The van der Waals surface area contributed by atoms with Crippen molar-refractivity contribution >= 4 is 0 Å². The molecule has 1 aliphatic heterocycles. The van der Waals surface area contributed by atoms with Gasteiger partial charge in [0.1, 0.15) is 5.82 Å². The minimum Gasteiger partial charge on any atom is -0.345 e. The first-order chi connectivity index (χ1) is 13.4. The Balaban J connectivity index is 1.35. The molecule has 3 heterocycles. The molecule has 5 rings (SSSR count). The normalized spacial score (nSPS) is 16.7. The quantitative estimate of drug-likeness (QED) is 0.503. The van der Waals surface area contributed by atoms with E-state index in [2.05, 4.69) is 73.8 Å². The third kappa shape index (κ3) is 3.17. The summed E-state index contributed by atoms with van der Waals surface area (Å²) < 4.78 is 0. The standard InChI is InChI=1S/C22H21N5/c1-2-19(24-11-1)22-25-13-21(27-22)18-9-5-16(6-10-18)15-3-7-17(8-4-15)20-12-23-14-26-20/h3-10,12-14,19,24H,1-2,11H2,(H,23,26)(H,25,27)/t19-/m0/s1. The van der Waals surface area contributed by atoms with Crippen LogP contribution in [0.15, 0.2) is 67.3 Å². The van der Waals surface area contributed by atoms with Crippen molar-refractivity contribution < 1.29 is 0 Å². The lowest BCUT2D eigenvalue weighted by Gasteiger charge is -2.06. The number of hydrogen-bond acceptors (Lipinski definition) is 3. The minimum absolute atomic E-state index is 0.367. The SMILES string of the molecule is c1ncc(-c2ccc(-c3ccc(-c4cnc([C@@H]5CCCN5)[nH]4)cc3)cc2)[nH]1. The first-order valence-corrected chi connectivity index (χ1v) is 9.35. The summed E-state index contributed by atoms with van der Waals surface area (Å²) in [5.74, 6) is 1.04. The molecule has 1 saturated heterocycles. The van der Waals surface area contributed by atoms with Gasteiger partial charge in [-0.3, -0.25) is 0 Å². The Morgan fingerprint density at radius 2 is 1.44 bits per heavy atom. The first kappa shape index (κ1) is 16.0. The zero-order valence-corrected chi connectivity index (χ0v) is 14.9. The highest BCUT2D eigenvalue weighted by Gasteiger charge is 2.19. The summed E-state index contributed by atoms with van der Waals surface area (Å²) in [5, 5.41) is 3.48. The van der Waals surface area contributed by atoms with Crippen LogP contribution in [0, 0.1) is 0 Å². The third-order valence-electron chi connectivity index (χ3n) is 5.21. The number of aromatic amines is 2. The number of hydrogen-bond donors (Lipinski definition) is 3. The molecular formula is C22H21N5. The number of imidazole rings is 2. The lowest BCUT2D eigenvalue weighted by molar-refractivity contribution is 0.613. The lowest BCUT2D eigenvalue weighted by atomic mass is 10.0. The zero-order chi connectivity index (χ0) is 18.1. The molecule has 3 N–H and O–H groups in total. The van der Waals surface area contributed by atoms with E-state index in [1.807, 2.05) is 12.4 Å². The van der Waals surface area contributed by atoms with Crippen LogP contribution in [-0.4, -0.2) is 26.5 Å². The second-order valence-electron chi connectivity index (χ2n) is 6.95. The summed E-state index contributed by atoms with van der Waals surface area (Å²) in [6.07, 6.45) is 7.84. The van der Waals surface area contributed by atoms with Crippen LogP contribution >= 0.6 is 0 Å². The van der Waals surface area contributed by atoms with E-state index in [0.29, 0.717) is 6.04 Å². The maximum atomic E-state index is 4.56. The molecule has 0 aliphatic carbocycles. The molecule has 5 heteroatoms. The molecule has 0 radical (unpaired) electrons. The number of nitrogens with zero attached hydrogens (tertiary/aromatic N) is 2. The topological polar surface area (TPSA) is 69.4 Å². The van der Waals surface area contributed by atoms with Crippen LogP contribution in [0.4, 0.5) is 0 Å². The molecule has 0 unspecified atom stereocenters. The van der Waals surface area contributed by atoms with Crippen molar-refractivity contribution in [1.29, 1.82) is 0 Å². The van der Waals surface area contributed by atoms with Gasteiger partial charge in [0.15, 0.2) is 0 Å². The van der Waals surface area contributed by atoms with E-state index < -0.39 is 0 Å². The van der Waals surface area contributed by atoms with E-state index in [1.165, 1.54) is 17.5 Å². The van der Waals surface area contributed by atoms with E-state index in [-0.39, 0.29) is 0 Å². The van der Waals surface area contributed by atoms with Gasteiger partial charge in [0.2, 0.25) is 0 Å². The molecule has 1 atom stereocenters. The smallest absolute Gasteiger partial charge is 0.123 e. The number of H-pyrrole nitrogens is 2. The highest BCUT2D eigenvalue weighted by molar-refractivity contribution is 5.71. The maximum Gasteiger partial charge on any atom is 0.123 e. The van der Waals surface area contributed by atoms with Crippen molar-refractivity contribution in [2.45, 2.75) is 18.9 Å². The lowest BCUT2D eigenvalue weighted by Crippen LogP contribution is -2.14. The molecule has 0 amide bonds. The molecule has 1 fully saturated rings. The molecule has 0 spiro atoms. The number of nitrogens with one attached hydrogen (secondary N) is 3. The van der Waals surface area contributed by atoms with Crippen molar-refractivity contribution in [2.75, 3.05) is 6.54 Å². The largest absolute Gasteiger partial charge is 0.345 e. The summed E-state index contributed by atoms with van der Waals surface area (Å²) in [6, 6.07) is 17.5. The fourth-order valence-electron chi connectivity index (χ4n) is 3.68. The molecule has 4 aromatic rings. The predicted octanol–water partition coefficient (Wildman–Crippen LogP) is 4.56. The van der Waals surface area contributed by atoms with Crippen LogP contribution in [0.5, 0.6) is 0 Å². The molecule has 0 bridgehead atoms. The van der Waals surface area contributed by atoms with Crippen molar-refractivity contribution in [3.63, 3.8) is 0 Å². The second kappa shape index (κ2) is 6.85. The Labute approximate surface area is 157 Å². The Hall–Kier alpha value is -3.18. The molecule has 2 aromatic carbocycles. The summed E-state index contributed by atoms with van der Waals surface area (Å²) >= 11 is 0. The fourth-order valence-corrected chi connectivity index (χ4v) is 3.68. The Morgan fingerprint density at radius 3 is 2.04 bits per heavy atom. The summed E-state index contributed by atoms with van der Waals surface area (Å²) in [5.41, 5.74) is 6.80. The molecule has 1 aliphatic rings. The van der Waals surface area contributed by atoms with E-state index in [9.17, 15) is 0 Å². The van der Waals surface area contributed by atoms with Crippen molar-refractivity contribution in [2.24, 2.45) is 0 Å². The summed E-state index contributed by atoms with van der Waals surface area (Å²) in [4.78, 5) is 15.2. The average molecular weight is 355 g/mol. The molecule has 134 valence electrons. The van der Waals surface area contributed by atoms with Gasteiger partial charge in [0, 0.05) is 0 Å². The highest BCUT2D eigenvalue weighted by Crippen LogP contribution is 2.27.